The minimum absolute atomic E-state index is 0.196. The van der Waals surface area contributed by atoms with E-state index in [1.165, 1.54) is 5.69 Å². The van der Waals surface area contributed by atoms with Gasteiger partial charge in [0.05, 0.1) is 31.5 Å². The number of benzene rings is 2. The molecule has 164 valence electrons. The summed E-state index contributed by atoms with van der Waals surface area (Å²) in [6.45, 7) is 2.95. The third-order valence-electron chi connectivity index (χ3n) is 5.80. The van der Waals surface area contributed by atoms with Gasteiger partial charge in [0.25, 0.3) is 5.52 Å². The van der Waals surface area contributed by atoms with Gasteiger partial charge in [-0.15, -0.1) is 0 Å². The molecule has 3 aromatic rings. The van der Waals surface area contributed by atoms with Crippen molar-refractivity contribution in [3.63, 3.8) is 0 Å². The highest BCUT2D eigenvalue weighted by Crippen LogP contribution is 2.42. The quantitative estimate of drug-likeness (QED) is 0.458. The second-order valence-electron chi connectivity index (χ2n) is 7.67. The number of anilines is 2. The SMILES string of the molecule is CCCCC1Nc2c[n+](OC)c3cc(Br)ccc3c2N1Cc1ccc(OC)cc1OC. The lowest BCUT2D eigenvalue weighted by molar-refractivity contribution is -0.864. The summed E-state index contributed by atoms with van der Waals surface area (Å²) in [6.07, 6.45) is 5.58. The number of nitrogens with zero attached hydrogens (tertiary/aromatic N) is 2. The molecular formula is C24H29BrN3O3+. The van der Waals surface area contributed by atoms with Crippen molar-refractivity contribution in [1.29, 1.82) is 0 Å². The number of fused-ring (bicyclic) bond motifs is 3. The van der Waals surface area contributed by atoms with Gasteiger partial charge in [-0.25, -0.2) is 0 Å². The summed E-state index contributed by atoms with van der Waals surface area (Å²) >= 11 is 3.60. The van der Waals surface area contributed by atoms with Gasteiger partial charge in [-0.2, -0.15) is 0 Å². The van der Waals surface area contributed by atoms with Crippen LogP contribution >= 0.6 is 15.9 Å². The molecule has 1 unspecified atom stereocenters. The number of rotatable bonds is 8. The summed E-state index contributed by atoms with van der Waals surface area (Å²) in [5.74, 6) is 1.62. The van der Waals surface area contributed by atoms with Crippen molar-refractivity contribution in [3.8, 4) is 11.5 Å². The lowest BCUT2D eigenvalue weighted by Gasteiger charge is -2.28. The number of hydrogen-bond donors (Lipinski definition) is 1. The normalized spacial score (nSPS) is 15.0. The van der Waals surface area contributed by atoms with Crippen LogP contribution in [0.1, 0.15) is 31.7 Å². The van der Waals surface area contributed by atoms with Gasteiger partial charge in [0, 0.05) is 33.4 Å². The minimum atomic E-state index is 0.196. The Morgan fingerprint density at radius 1 is 1.10 bits per heavy atom. The van der Waals surface area contributed by atoms with E-state index in [0.29, 0.717) is 0 Å². The van der Waals surface area contributed by atoms with E-state index in [9.17, 15) is 0 Å². The monoisotopic (exact) mass is 486 g/mol. The second-order valence-corrected chi connectivity index (χ2v) is 8.58. The molecule has 0 aliphatic carbocycles. The molecule has 2 aromatic carbocycles. The van der Waals surface area contributed by atoms with Crippen molar-refractivity contribution in [2.45, 2.75) is 38.9 Å². The maximum absolute atomic E-state index is 5.68. The first-order chi connectivity index (χ1) is 15.1. The molecule has 1 atom stereocenters. The zero-order valence-corrected chi connectivity index (χ0v) is 20.0. The van der Waals surface area contributed by atoms with Crippen LogP contribution in [-0.2, 0) is 6.54 Å². The standard InChI is InChI=1S/C24H29BrN3O3/c1-5-6-7-23-26-20-15-28(31-4)21-12-17(25)9-11-19(21)24(20)27(23)14-16-8-10-18(29-2)13-22(16)30-3/h8-13,15,23,26H,5-7,14H2,1-4H3/q+1. The van der Waals surface area contributed by atoms with Crippen molar-refractivity contribution in [2.75, 3.05) is 31.5 Å². The van der Waals surface area contributed by atoms with Crippen LogP contribution in [0.5, 0.6) is 11.5 Å². The molecule has 1 aliphatic heterocycles. The highest BCUT2D eigenvalue weighted by atomic mass is 79.9. The molecule has 0 saturated carbocycles. The maximum atomic E-state index is 5.68. The summed E-state index contributed by atoms with van der Waals surface area (Å²) in [4.78, 5) is 8.09. The molecule has 0 bridgehead atoms. The average Bonchev–Trinajstić information content (AvgIpc) is 3.14. The highest BCUT2D eigenvalue weighted by molar-refractivity contribution is 9.10. The van der Waals surface area contributed by atoms with Gasteiger partial charge in [0.1, 0.15) is 24.3 Å². The second kappa shape index (κ2) is 9.22. The smallest absolute Gasteiger partial charge is 0.268 e. The van der Waals surface area contributed by atoms with Gasteiger partial charge in [-0.3, -0.25) is 4.84 Å². The first-order valence-electron chi connectivity index (χ1n) is 10.6. The average molecular weight is 487 g/mol. The number of aromatic nitrogens is 1. The van der Waals surface area contributed by atoms with E-state index in [2.05, 4.69) is 57.3 Å². The Balaban J connectivity index is 1.83. The van der Waals surface area contributed by atoms with E-state index in [4.69, 9.17) is 14.3 Å². The van der Waals surface area contributed by atoms with Crippen molar-refractivity contribution >= 4 is 38.2 Å². The third kappa shape index (κ3) is 4.11. The number of pyridine rings is 1. The Labute approximate surface area is 191 Å². The van der Waals surface area contributed by atoms with Gasteiger partial charge >= 0.3 is 0 Å². The molecule has 31 heavy (non-hydrogen) atoms. The number of nitrogens with one attached hydrogen (secondary N) is 1. The zero-order chi connectivity index (χ0) is 22.0. The van der Waals surface area contributed by atoms with Gasteiger partial charge in [-0.05, 0) is 37.1 Å². The van der Waals surface area contributed by atoms with Crippen molar-refractivity contribution in [3.05, 3.63) is 52.6 Å². The summed E-state index contributed by atoms with van der Waals surface area (Å²) in [5, 5.41) is 4.87. The van der Waals surface area contributed by atoms with Gasteiger partial charge < -0.3 is 19.7 Å². The zero-order valence-electron chi connectivity index (χ0n) is 18.4. The summed E-state index contributed by atoms with van der Waals surface area (Å²) in [5.41, 5.74) is 4.40. The Hall–Kier alpha value is -2.67. The molecule has 2 heterocycles. The molecule has 7 heteroatoms. The molecule has 1 aromatic heterocycles. The Morgan fingerprint density at radius 3 is 2.65 bits per heavy atom. The predicted octanol–water partition coefficient (Wildman–Crippen LogP) is 4.91. The Morgan fingerprint density at radius 2 is 1.94 bits per heavy atom. The fourth-order valence-corrected chi connectivity index (χ4v) is 4.59. The molecule has 4 rings (SSSR count). The van der Waals surface area contributed by atoms with Crippen molar-refractivity contribution in [2.24, 2.45) is 0 Å². The first-order valence-corrected chi connectivity index (χ1v) is 11.3. The Kier molecular flexibility index (Phi) is 6.41. The lowest BCUT2D eigenvalue weighted by atomic mass is 10.1. The molecular weight excluding hydrogens is 458 g/mol. The molecule has 0 spiro atoms. The number of unbranched alkanes of at least 4 members (excludes halogenated alkanes) is 1. The van der Waals surface area contributed by atoms with E-state index in [1.54, 1.807) is 21.3 Å². The molecule has 0 radical (unpaired) electrons. The van der Waals surface area contributed by atoms with E-state index in [-0.39, 0.29) is 6.17 Å². The van der Waals surface area contributed by atoms with Crippen LogP contribution < -0.4 is 29.3 Å². The van der Waals surface area contributed by atoms with Crippen LogP contribution in [-0.4, -0.2) is 27.5 Å². The minimum Gasteiger partial charge on any atom is -0.497 e. The van der Waals surface area contributed by atoms with Crippen molar-refractivity contribution in [1.82, 2.24) is 0 Å². The Bertz CT molecular complexity index is 1090. The molecule has 0 amide bonds. The summed E-state index contributed by atoms with van der Waals surface area (Å²) < 4.78 is 13.9. The number of methoxy groups -OCH3 is 2. The molecule has 1 N–H and O–H groups in total. The number of halogens is 1. The van der Waals surface area contributed by atoms with E-state index in [1.807, 2.05) is 23.1 Å². The third-order valence-corrected chi connectivity index (χ3v) is 6.30. The first kappa shape index (κ1) is 21.6. The van der Waals surface area contributed by atoms with Crippen LogP contribution in [0.4, 0.5) is 11.4 Å². The number of ether oxygens (including phenoxy) is 2. The highest BCUT2D eigenvalue weighted by Gasteiger charge is 2.35. The lowest BCUT2D eigenvalue weighted by Crippen LogP contribution is -2.41. The summed E-state index contributed by atoms with van der Waals surface area (Å²) in [7, 11) is 5.07. The van der Waals surface area contributed by atoms with Crippen LogP contribution in [0.2, 0.25) is 0 Å². The topological polar surface area (TPSA) is 46.8 Å². The number of hydrogen-bond acceptors (Lipinski definition) is 5. The predicted molar refractivity (Wildman–Crippen MR) is 127 cm³/mol. The van der Waals surface area contributed by atoms with Gasteiger partial charge in [0.2, 0.25) is 6.20 Å². The van der Waals surface area contributed by atoms with E-state index < -0.39 is 0 Å². The summed E-state index contributed by atoms with van der Waals surface area (Å²) in [6, 6.07) is 12.3. The van der Waals surface area contributed by atoms with Gasteiger partial charge in [0.15, 0.2) is 0 Å². The molecule has 1 aliphatic rings. The fourth-order valence-electron chi connectivity index (χ4n) is 4.24. The largest absolute Gasteiger partial charge is 0.497 e. The molecule has 0 fully saturated rings. The van der Waals surface area contributed by atoms with Crippen molar-refractivity contribution < 1.29 is 19.0 Å². The van der Waals surface area contributed by atoms with Crippen LogP contribution in [0.15, 0.2) is 47.1 Å². The fraction of sp³-hybridized carbons (Fsp3) is 0.375. The van der Waals surface area contributed by atoms with Gasteiger partial charge in [-0.1, -0.05) is 29.3 Å². The van der Waals surface area contributed by atoms with Crippen LogP contribution in [0, 0.1) is 0 Å². The van der Waals surface area contributed by atoms with E-state index in [0.717, 1.165) is 63.9 Å². The van der Waals surface area contributed by atoms with E-state index >= 15 is 0 Å². The molecule has 0 saturated heterocycles. The van der Waals surface area contributed by atoms with Crippen LogP contribution in [0.25, 0.3) is 10.9 Å². The molecule has 6 nitrogen and oxygen atoms in total. The van der Waals surface area contributed by atoms with Crippen LogP contribution in [0.3, 0.4) is 0 Å². The maximum Gasteiger partial charge on any atom is 0.268 e.